The number of aliphatic hydroxyl groups excluding tert-OH is 1. The predicted octanol–water partition coefficient (Wildman–Crippen LogP) is 1.96. The maximum atomic E-state index is 11.4. The first kappa shape index (κ1) is 20.6. The molecule has 1 fully saturated rings. The Hall–Kier alpha value is -2.15. The second kappa shape index (κ2) is 9.37. The van der Waals surface area contributed by atoms with Gasteiger partial charge in [-0.25, -0.2) is 0 Å². The van der Waals surface area contributed by atoms with E-state index in [1.54, 1.807) is 0 Å². The van der Waals surface area contributed by atoms with E-state index in [1.165, 1.54) is 16.5 Å². The number of fused-ring (bicyclic) bond motifs is 1. The van der Waals surface area contributed by atoms with Crippen molar-refractivity contribution in [1.29, 1.82) is 0 Å². The number of piperazine rings is 1. The van der Waals surface area contributed by atoms with Crippen LogP contribution in [0, 0.1) is 0 Å². The van der Waals surface area contributed by atoms with Gasteiger partial charge in [0.25, 0.3) is 0 Å². The summed E-state index contributed by atoms with van der Waals surface area (Å²) in [6.07, 6.45) is 5.11. The Morgan fingerprint density at radius 2 is 2.07 bits per heavy atom. The minimum Gasteiger partial charge on any atom is -0.396 e. The highest BCUT2D eigenvalue weighted by Crippen LogP contribution is 2.24. The number of aliphatic hydroxyl groups is 1. The smallest absolute Gasteiger partial charge is 0.237 e. The van der Waals surface area contributed by atoms with E-state index in [2.05, 4.69) is 42.0 Å². The highest BCUT2D eigenvalue weighted by molar-refractivity contribution is 5.85. The lowest BCUT2D eigenvalue weighted by Crippen LogP contribution is -2.53. The average molecular weight is 385 g/mol. The van der Waals surface area contributed by atoms with E-state index in [0.29, 0.717) is 6.04 Å². The summed E-state index contributed by atoms with van der Waals surface area (Å²) >= 11 is 0. The number of nitrogens with zero attached hydrogens (tertiary/aromatic N) is 3. The molecule has 1 saturated heterocycles. The number of amides is 1. The summed E-state index contributed by atoms with van der Waals surface area (Å²) in [5, 5.41) is 10.7. The number of para-hydroxylation sites is 1. The van der Waals surface area contributed by atoms with Gasteiger partial charge < -0.3 is 15.4 Å². The van der Waals surface area contributed by atoms with Gasteiger partial charge in [0.05, 0.1) is 0 Å². The van der Waals surface area contributed by atoms with Crippen LogP contribution < -0.4 is 5.73 Å². The fourth-order valence-corrected chi connectivity index (χ4v) is 4.05. The molecule has 2 aromatic rings. The number of allylic oxidation sites excluding steroid dienone is 1. The Kier molecular flexibility index (Phi) is 6.88. The summed E-state index contributed by atoms with van der Waals surface area (Å²) in [7, 11) is 0. The molecule has 1 aliphatic heterocycles. The number of nitrogens with two attached hydrogens (primary N) is 1. The van der Waals surface area contributed by atoms with Gasteiger partial charge in [-0.1, -0.05) is 29.8 Å². The number of primary amides is 1. The summed E-state index contributed by atoms with van der Waals surface area (Å²) in [5.74, 6) is -0.330. The molecule has 1 aliphatic rings. The highest BCUT2D eigenvalue weighted by atomic mass is 16.3. The molecule has 1 aromatic heterocycles. The van der Waals surface area contributed by atoms with Crippen LogP contribution in [-0.2, 0) is 17.9 Å². The molecule has 28 heavy (non-hydrogen) atoms. The van der Waals surface area contributed by atoms with Crippen LogP contribution >= 0.6 is 0 Å². The largest absolute Gasteiger partial charge is 0.396 e. The molecule has 0 saturated carbocycles. The fourth-order valence-electron chi connectivity index (χ4n) is 4.05. The van der Waals surface area contributed by atoms with Crippen LogP contribution in [0.15, 0.2) is 42.1 Å². The molecule has 1 amide bonds. The van der Waals surface area contributed by atoms with Crippen molar-refractivity contribution in [3.05, 3.63) is 47.7 Å². The number of hydrogen-bond donors (Lipinski definition) is 2. The van der Waals surface area contributed by atoms with Gasteiger partial charge in [0.1, 0.15) is 6.54 Å². The molecule has 0 bridgehead atoms. The van der Waals surface area contributed by atoms with Crippen molar-refractivity contribution < 1.29 is 9.90 Å². The first-order valence-electron chi connectivity index (χ1n) is 10.0. The number of carbonyl (C=O) groups is 1. The zero-order valence-electron chi connectivity index (χ0n) is 17.0. The standard InChI is InChI=1S/C22H32N4O2/c1-17(2)7-9-25-11-10-24(15-19(25)8-12-27)13-18-14-26(16-22(23)28)21-6-4-3-5-20(18)21/h3-7,14,19,27H,8-13,15-16H2,1-2H3,(H2,23,28)/t19-/m1/s1. The van der Waals surface area contributed by atoms with Gasteiger partial charge >= 0.3 is 0 Å². The lowest BCUT2D eigenvalue weighted by atomic mass is 10.1. The topological polar surface area (TPSA) is 74.7 Å². The fraction of sp³-hybridized carbons (Fsp3) is 0.500. The molecular weight excluding hydrogens is 352 g/mol. The number of aromatic nitrogens is 1. The monoisotopic (exact) mass is 384 g/mol. The second-order valence-electron chi connectivity index (χ2n) is 7.94. The van der Waals surface area contributed by atoms with Crippen molar-refractivity contribution >= 4 is 16.8 Å². The third kappa shape index (κ3) is 5.01. The predicted molar refractivity (Wildman–Crippen MR) is 113 cm³/mol. The molecule has 3 N–H and O–H groups in total. The Balaban J connectivity index is 1.75. The first-order chi connectivity index (χ1) is 13.5. The number of hydrogen-bond acceptors (Lipinski definition) is 4. The van der Waals surface area contributed by atoms with Crippen LogP contribution in [0.5, 0.6) is 0 Å². The van der Waals surface area contributed by atoms with Gasteiger partial charge in [0.2, 0.25) is 5.91 Å². The molecule has 0 radical (unpaired) electrons. The molecule has 0 unspecified atom stereocenters. The Morgan fingerprint density at radius 1 is 1.29 bits per heavy atom. The Labute approximate surface area is 167 Å². The third-order valence-corrected chi connectivity index (χ3v) is 5.48. The minimum atomic E-state index is -0.330. The van der Waals surface area contributed by atoms with Crippen molar-refractivity contribution in [1.82, 2.24) is 14.4 Å². The zero-order valence-corrected chi connectivity index (χ0v) is 17.0. The molecule has 6 nitrogen and oxygen atoms in total. The number of carbonyl (C=O) groups excluding carboxylic acids is 1. The summed E-state index contributed by atoms with van der Waals surface area (Å²) < 4.78 is 1.95. The van der Waals surface area contributed by atoms with Crippen molar-refractivity contribution in [3.63, 3.8) is 0 Å². The first-order valence-corrected chi connectivity index (χ1v) is 10.0. The van der Waals surface area contributed by atoms with Crippen LogP contribution in [0.2, 0.25) is 0 Å². The Bertz CT molecular complexity index is 838. The van der Waals surface area contributed by atoms with Gasteiger partial charge in [-0.3, -0.25) is 14.6 Å². The van der Waals surface area contributed by atoms with Gasteiger partial charge in [-0.05, 0) is 31.9 Å². The van der Waals surface area contributed by atoms with Gasteiger partial charge in [0, 0.05) is 62.5 Å². The SMILES string of the molecule is CC(C)=CCN1CCN(Cc2cn(CC(N)=O)c3ccccc23)C[C@H]1CCO. The van der Waals surface area contributed by atoms with Crippen molar-refractivity contribution in [2.75, 3.05) is 32.8 Å². The highest BCUT2D eigenvalue weighted by Gasteiger charge is 2.26. The lowest BCUT2D eigenvalue weighted by molar-refractivity contribution is -0.118. The number of benzene rings is 1. The molecule has 1 aromatic carbocycles. The molecule has 2 heterocycles. The van der Waals surface area contributed by atoms with Crippen LogP contribution in [0.4, 0.5) is 0 Å². The van der Waals surface area contributed by atoms with Crippen LogP contribution in [-0.4, -0.2) is 64.2 Å². The normalized spacial score (nSPS) is 18.5. The average Bonchev–Trinajstić information content (AvgIpc) is 2.98. The second-order valence-corrected chi connectivity index (χ2v) is 7.94. The van der Waals surface area contributed by atoms with E-state index in [4.69, 9.17) is 5.73 Å². The van der Waals surface area contributed by atoms with E-state index >= 15 is 0 Å². The molecule has 1 atom stereocenters. The summed E-state index contributed by atoms with van der Waals surface area (Å²) in [5.41, 5.74) is 9.01. The lowest BCUT2D eigenvalue weighted by Gasteiger charge is -2.41. The minimum absolute atomic E-state index is 0.199. The maximum Gasteiger partial charge on any atom is 0.237 e. The van der Waals surface area contributed by atoms with E-state index in [1.807, 2.05) is 22.8 Å². The zero-order chi connectivity index (χ0) is 20.1. The quantitative estimate of drug-likeness (QED) is 0.683. The van der Waals surface area contributed by atoms with Gasteiger partial charge in [-0.15, -0.1) is 0 Å². The molecule has 6 heteroatoms. The van der Waals surface area contributed by atoms with E-state index in [9.17, 15) is 9.90 Å². The van der Waals surface area contributed by atoms with E-state index in [0.717, 1.165) is 44.7 Å². The summed E-state index contributed by atoms with van der Waals surface area (Å²) in [4.78, 5) is 16.4. The van der Waals surface area contributed by atoms with E-state index < -0.39 is 0 Å². The van der Waals surface area contributed by atoms with Gasteiger partial charge in [-0.2, -0.15) is 0 Å². The van der Waals surface area contributed by atoms with Crippen molar-refractivity contribution in [2.45, 2.75) is 39.4 Å². The third-order valence-electron chi connectivity index (χ3n) is 5.48. The molecule has 0 spiro atoms. The van der Waals surface area contributed by atoms with Crippen LogP contribution in [0.1, 0.15) is 25.8 Å². The summed E-state index contributed by atoms with van der Waals surface area (Å²) in [6, 6.07) is 8.52. The van der Waals surface area contributed by atoms with Crippen molar-refractivity contribution in [2.24, 2.45) is 5.73 Å². The molecule has 3 rings (SSSR count). The van der Waals surface area contributed by atoms with Crippen molar-refractivity contribution in [3.8, 4) is 0 Å². The molecular formula is C22H32N4O2. The summed E-state index contributed by atoms with van der Waals surface area (Å²) in [6.45, 7) is 9.36. The molecule has 152 valence electrons. The van der Waals surface area contributed by atoms with Gasteiger partial charge in [0.15, 0.2) is 0 Å². The number of rotatable bonds is 8. The maximum absolute atomic E-state index is 11.4. The molecule has 0 aliphatic carbocycles. The van der Waals surface area contributed by atoms with Crippen LogP contribution in [0.3, 0.4) is 0 Å². The van der Waals surface area contributed by atoms with E-state index in [-0.39, 0.29) is 19.1 Å². The Morgan fingerprint density at radius 3 is 2.79 bits per heavy atom. The van der Waals surface area contributed by atoms with Crippen LogP contribution in [0.25, 0.3) is 10.9 Å².